The molecule has 1 aliphatic rings. The fourth-order valence-electron chi connectivity index (χ4n) is 3.31. The van der Waals surface area contributed by atoms with Crippen LogP contribution in [0.2, 0.25) is 10.0 Å². The lowest BCUT2D eigenvalue weighted by Gasteiger charge is -2.36. The van der Waals surface area contributed by atoms with Crippen molar-refractivity contribution in [1.82, 2.24) is 0 Å². The number of carbonyl (C=O) groups excluding carboxylic acids is 1. The minimum absolute atomic E-state index is 0.0593. The zero-order valence-corrected chi connectivity index (χ0v) is 18.1. The number of hydrogen-bond acceptors (Lipinski definition) is 4. The van der Waals surface area contributed by atoms with E-state index in [2.05, 4.69) is 0 Å². The van der Waals surface area contributed by atoms with Gasteiger partial charge in [0.05, 0.1) is 30.1 Å². The molecule has 154 valence electrons. The zero-order chi connectivity index (χ0) is 21.5. The number of fused-ring (bicyclic) bond motifs is 1. The van der Waals surface area contributed by atoms with Gasteiger partial charge in [0.25, 0.3) is 10.0 Å². The first-order valence-electron chi connectivity index (χ1n) is 8.87. The molecular weight excluding hydrogens is 447 g/mol. The normalized spacial score (nSPS) is 15.1. The number of ether oxygens (including phenoxy) is 1. The molecule has 0 N–H and O–H groups in total. The van der Waals surface area contributed by atoms with Crippen molar-refractivity contribution in [3.63, 3.8) is 0 Å². The molecule has 0 unspecified atom stereocenters. The summed E-state index contributed by atoms with van der Waals surface area (Å²) in [4.78, 5) is 14.7. The van der Waals surface area contributed by atoms with Crippen LogP contribution in [0.3, 0.4) is 0 Å². The maximum absolute atomic E-state index is 13.5. The molecule has 9 heteroatoms. The summed E-state index contributed by atoms with van der Waals surface area (Å²) in [5, 5.41) is 0.172. The molecule has 3 aromatic carbocycles. The van der Waals surface area contributed by atoms with Crippen LogP contribution in [0, 0.1) is 0 Å². The smallest absolute Gasteiger partial charge is 0.343 e. The fourth-order valence-corrected chi connectivity index (χ4v) is 5.71. The molecule has 0 fully saturated rings. The standard InChI is InChI=1S/C21H16Cl2N2O4S/c1-29-17-9-5-8-16(12-17)25-21(26)24(13-14-6-3-2-4-7-14)19-11-15(22)10-18(23)20(19)30(25,27)28/h2-12H,13H2,1H3. The van der Waals surface area contributed by atoms with Crippen LogP contribution in [0.4, 0.5) is 16.2 Å². The Bertz CT molecular complexity index is 1230. The molecule has 0 saturated heterocycles. The van der Waals surface area contributed by atoms with E-state index in [9.17, 15) is 13.2 Å². The number of rotatable bonds is 4. The molecule has 0 saturated carbocycles. The van der Waals surface area contributed by atoms with Crippen molar-refractivity contribution in [2.75, 3.05) is 16.3 Å². The molecule has 30 heavy (non-hydrogen) atoms. The number of nitrogens with zero attached hydrogens (tertiary/aromatic N) is 2. The van der Waals surface area contributed by atoms with Crippen LogP contribution in [-0.4, -0.2) is 21.6 Å². The first kappa shape index (κ1) is 20.5. The Morgan fingerprint density at radius 3 is 2.40 bits per heavy atom. The highest BCUT2D eigenvalue weighted by Crippen LogP contribution is 2.43. The van der Waals surface area contributed by atoms with Gasteiger partial charge in [-0.3, -0.25) is 4.90 Å². The molecule has 1 heterocycles. The van der Waals surface area contributed by atoms with Crippen molar-refractivity contribution >= 4 is 50.6 Å². The zero-order valence-electron chi connectivity index (χ0n) is 15.7. The monoisotopic (exact) mass is 462 g/mol. The number of amides is 2. The predicted molar refractivity (Wildman–Crippen MR) is 117 cm³/mol. The molecular formula is C21H16Cl2N2O4S. The number of urea groups is 1. The molecule has 0 atom stereocenters. The van der Waals surface area contributed by atoms with E-state index in [1.807, 2.05) is 30.3 Å². The van der Waals surface area contributed by atoms with Crippen molar-refractivity contribution in [3.8, 4) is 5.75 Å². The van der Waals surface area contributed by atoms with E-state index in [4.69, 9.17) is 27.9 Å². The number of anilines is 2. The highest BCUT2D eigenvalue weighted by Gasteiger charge is 2.44. The molecule has 3 aromatic rings. The van der Waals surface area contributed by atoms with Gasteiger partial charge in [-0.05, 0) is 29.8 Å². The van der Waals surface area contributed by atoms with E-state index in [1.165, 1.54) is 36.3 Å². The number of hydrogen-bond donors (Lipinski definition) is 0. The van der Waals surface area contributed by atoms with E-state index >= 15 is 0 Å². The molecule has 0 bridgehead atoms. The molecule has 0 radical (unpaired) electrons. The molecule has 2 amide bonds. The third kappa shape index (κ3) is 3.49. The van der Waals surface area contributed by atoms with Crippen LogP contribution in [0.15, 0.2) is 71.6 Å². The van der Waals surface area contributed by atoms with Gasteiger partial charge in [0.2, 0.25) is 0 Å². The number of halogens is 2. The predicted octanol–water partition coefficient (Wildman–Crippen LogP) is 5.34. The van der Waals surface area contributed by atoms with Crippen LogP contribution in [0.1, 0.15) is 5.56 Å². The summed E-state index contributed by atoms with van der Waals surface area (Å²) >= 11 is 12.4. The average Bonchev–Trinajstić information content (AvgIpc) is 2.71. The summed E-state index contributed by atoms with van der Waals surface area (Å²) in [6.45, 7) is 0.138. The van der Waals surface area contributed by atoms with Gasteiger partial charge in [0.1, 0.15) is 10.6 Å². The number of benzene rings is 3. The Kier molecular flexibility index (Phi) is 5.36. The highest BCUT2D eigenvalue weighted by molar-refractivity contribution is 7.94. The second kappa shape index (κ2) is 7.83. The van der Waals surface area contributed by atoms with E-state index in [0.29, 0.717) is 5.75 Å². The maximum Gasteiger partial charge on any atom is 0.343 e. The fraction of sp³-hybridized carbons (Fsp3) is 0.0952. The number of carbonyl (C=O) groups is 1. The Hall–Kier alpha value is -2.74. The first-order chi connectivity index (χ1) is 14.3. The molecule has 0 aromatic heterocycles. The molecule has 6 nitrogen and oxygen atoms in total. The van der Waals surface area contributed by atoms with Gasteiger partial charge in [0, 0.05) is 11.1 Å². The Labute approximate surface area is 184 Å². The minimum atomic E-state index is -4.29. The lowest BCUT2D eigenvalue weighted by molar-refractivity contribution is 0.253. The molecule has 0 spiro atoms. The third-order valence-corrected chi connectivity index (χ3v) is 7.07. The van der Waals surface area contributed by atoms with Crippen LogP contribution in [0.25, 0.3) is 0 Å². The largest absolute Gasteiger partial charge is 0.497 e. The summed E-state index contributed by atoms with van der Waals surface area (Å²) in [6, 6.07) is 17.5. The first-order valence-corrected chi connectivity index (χ1v) is 11.1. The van der Waals surface area contributed by atoms with Gasteiger partial charge < -0.3 is 4.74 Å². The van der Waals surface area contributed by atoms with Crippen molar-refractivity contribution in [2.24, 2.45) is 0 Å². The van der Waals surface area contributed by atoms with E-state index in [1.54, 1.807) is 12.1 Å². The summed E-state index contributed by atoms with van der Waals surface area (Å²) < 4.78 is 32.8. The van der Waals surface area contributed by atoms with Gasteiger partial charge >= 0.3 is 6.03 Å². The maximum atomic E-state index is 13.5. The van der Waals surface area contributed by atoms with Crippen LogP contribution >= 0.6 is 23.2 Å². The molecule has 4 rings (SSSR count). The lowest BCUT2D eigenvalue weighted by Crippen LogP contribution is -2.50. The highest BCUT2D eigenvalue weighted by atomic mass is 35.5. The van der Waals surface area contributed by atoms with Crippen LogP contribution in [-0.2, 0) is 16.6 Å². The Morgan fingerprint density at radius 2 is 1.70 bits per heavy atom. The topological polar surface area (TPSA) is 66.9 Å². The van der Waals surface area contributed by atoms with Gasteiger partial charge in [0.15, 0.2) is 0 Å². The lowest BCUT2D eigenvalue weighted by atomic mass is 10.2. The third-order valence-electron chi connectivity index (χ3n) is 4.65. The van der Waals surface area contributed by atoms with Crippen molar-refractivity contribution in [1.29, 1.82) is 0 Å². The molecule has 1 aliphatic heterocycles. The second-order valence-electron chi connectivity index (χ2n) is 6.56. The van der Waals surface area contributed by atoms with Crippen molar-refractivity contribution < 1.29 is 17.9 Å². The quantitative estimate of drug-likeness (QED) is 0.524. The number of methoxy groups -OCH3 is 1. The average molecular weight is 463 g/mol. The van der Waals surface area contributed by atoms with Gasteiger partial charge in [-0.2, -0.15) is 4.31 Å². The number of sulfonamides is 1. The van der Waals surface area contributed by atoms with Crippen LogP contribution < -0.4 is 13.9 Å². The summed E-state index contributed by atoms with van der Waals surface area (Å²) in [7, 11) is -2.83. The van der Waals surface area contributed by atoms with E-state index < -0.39 is 16.1 Å². The summed E-state index contributed by atoms with van der Waals surface area (Å²) in [6.07, 6.45) is 0. The van der Waals surface area contributed by atoms with Gasteiger partial charge in [-0.15, -0.1) is 0 Å². The van der Waals surface area contributed by atoms with Gasteiger partial charge in [-0.25, -0.2) is 13.2 Å². The Morgan fingerprint density at radius 1 is 0.967 bits per heavy atom. The summed E-state index contributed by atoms with van der Waals surface area (Å²) in [5.41, 5.74) is 1.10. The van der Waals surface area contributed by atoms with Crippen molar-refractivity contribution in [3.05, 3.63) is 82.3 Å². The van der Waals surface area contributed by atoms with Crippen LogP contribution in [0.5, 0.6) is 5.75 Å². The van der Waals surface area contributed by atoms with E-state index in [0.717, 1.165) is 9.87 Å². The minimum Gasteiger partial charge on any atom is -0.497 e. The summed E-state index contributed by atoms with van der Waals surface area (Å²) in [5.74, 6) is 0.415. The second-order valence-corrected chi connectivity index (χ2v) is 9.13. The van der Waals surface area contributed by atoms with Gasteiger partial charge in [-0.1, -0.05) is 59.6 Å². The Balaban J connectivity index is 1.94. The SMILES string of the molecule is COc1cccc(N2C(=O)N(Cc3ccccc3)c3cc(Cl)cc(Cl)c3S2(=O)=O)c1. The molecule has 0 aliphatic carbocycles. The van der Waals surface area contributed by atoms with E-state index in [-0.39, 0.29) is 32.9 Å². The van der Waals surface area contributed by atoms with Crippen molar-refractivity contribution in [2.45, 2.75) is 11.4 Å².